The lowest BCUT2D eigenvalue weighted by molar-refractivity contribution is 0.614. The fourth-order valence-electron chi connectivity index (χ4n) is 2.35. The number of hydrogen-bond donors (Lipinski definition) is 0. The molecule has 0 nitrogen and oxygen atoms in total. The maximum absolute atomic E-state index is 14.6. The van der Waals surface area contributed by atoms with Crippen LogP contribution in [0.4, 0.5) is 4.39 Å². The fraction of sp³-hybridized carbons (Fsp3) is 0.0435. The van der Waals surface area contributed by atoms with Gasteiger partial charge in [0.25, 0.3) is 0 Å². The van der Waals surface area contributed by atoms with Crippen LogP contribution in [0.1, 0.15) is 27.8 Å². The van der Waals surface area contributed by atoms with Crippen molar-refractivity contribution in [3.63, 3.8) is 0 Å². The molecule has 0 spiro atoms. The van der Waals surface area contributed by atoms with Crippen molar-refractivity contribution in [3.05, 3.63) is 100 Å². The van der Waals surface area contributed by atoms with E-state index in [0.29, 0.717) is 16.7 Å². The molecule has 0 saturated carbocycles. The third-order valence-corrected chi connectivity index (χ3v) is 3.89. The summed E-state index contributed by atoms with van der Waals surface area (Å²) in [6, 6.07) is 21.0. The summed E-state index contributed by atoms with van der Waals surface area (Å²) in [5, 5.41) is 0. The molecule has 0 N–H and O–H groups in total. The van der Waals surface area contributed by atoms with Crippen LogP contribution in [0.2, 0.25) is 0 Å². The Balaban J connectivity index is 1.89. The number of rotatable bonds is 0. The molecule has 0 fully saturated rings. The van der Waals surface area contributed by atoms with Crippen molar-refractivity contribution in [2.75, 3.05) is 0 Å². The zero-order valence-electron chi connectivity index (χ0n) is 14.2. The van der Waals surface area contributed by atoms with Gasteiger partial charge in [0.1, 0.15) is 13.7 Å². The lowest BCUT2D eigenvalue weighted by atomic mass is 9.95. The first-order valence-electron chi connectivity index (χ1n) is 8.08. The van der Waals surface area contributed by atoms with Gasteiger partial charge in [-0.25, -0.2) is 4.39 Å². The summed E-state index contributed by atoms with van der Waals surface area (Å²) in [7, 11) is 2.02. The molecule has 3 rings (SSSR count). The maximum atomic E-state index is 14.6. The minimum Gasteiger partial charge on any atom is -0.205 e. The van der Waals surface area contributed by atoms with Gasteiger partial charge < -0.3 is 0 Å². The van der Waals surface area contributed by atoms with Gasteiger partial charge >= 0.3 is 0 Å². The van der Waals surface area contributed by atoms with Gasteiger partial charge in [-0.15, -0.1) is 0 Å². The van der Waals surface area contributed by atoms with E-state index in [2.05, 4.69) is 23.7 Å². The van der Waals surface area contributed by atoms with E-state index in [-0.39, 0.29) is 5.82 Å². The van der Waals surface area contributed by atoms with Crippen molar-refractivity contribution in [2.45, 2.75) is 6.92 Å². The third-order valence-electron chi connectivity index (χ3n) is 3.89. The van der Waals surface area contributed by atoms with E-state index in [0.717, 1.165) is 11.1 Å². The first kappa shape index (κ1) is 16.6. The van der Waals surface area contributed by atoms with Gasteiger partial charge in [-0.3, -0.25) is 0 Å². The molecular weight excluding hydrogens is 306 g/mol. The molecular formula is C23H16BF. The van der Waals surface area contributed by atoms with Crippen LogP contribution in [-0.2, 0) is 0 Å². The van der Waals surface area contributed by atoms with Gasteiger partial charge in [-0.2, -0.15) is 0 Å². The van der Waals surface area contributed by atoms with Crippen LogP contribution >= 0.6 is 0 Å². The van der Waals surface area contributed by atoms with Crippen molar-refractivity contribution >= 4 is 13.3 Å². The topological polar surface area (TPSA) is 0 Å². The lowest BCUT2D eigenvalue weighted by Crippen LogP contribution is -1.99. The number of halogens is 1. The average Bonchev–Trinajstić information content (AvgIpc) is 2.64. The van der Waals surface area contributed by atoms with Gasteiger partial charge in [0.2, 0.25) is 0 Å². The Kier molecular flexibility index (Phi) is 5.03. The molecule has 0 aliphatic rings. The third kappa shape index (κ3) is 4.20. The molecule has 0 heterocycles. The summed E-state index contributed by atoms with van der Waals surface area (Å²) in [5.41, 5.74) is 4.56. The monoisotopic (exact) mass is 322 g/mol. The van der Waals surface area contributed by atoms with Gasteiger partial charge in [-0.1, -0.05) is 59.5 Å². The molecule has 0 aliphatic carbocycles. The van der Waals surface area contributed by atoms with Crippen molar-refractivity contribution in [1.29, 1.82) is 0 Å². The number of hydrogen-bond acceptors (Lipinski definition) is 0. The zero-order chi connectivity index (χ0) is 17.6. The summed E-state index contributed by atoms with van der Waals surface area (Å²) in [6.07, 6.45) is 0. The second kappa shape index (κ2) is 7.56. The highest BCUT2D eigenvalue weighted by molar-refractivity contribution is 6.32. The predicted octanol–water partition coefficient (Wildman–Crippen LogP) is 3.19. The highest BCUT2D eigenvalue weighted by Crippen LogP contribution is 2.16. The Morgan fingerprint density at radius 1 is 0.680 bits per heavy atom. The molecule has 0 saturated heterocycles. The summed E-state index contributed by atoms with van der Waals surface area (Å²) in [4.78, 5) is 0. The van der Waals surface area contributed by atoms with Crippen LogP contribution in [0.3, 0.4) is 0 Å². The van der Waals surface area contributed by atoms with E-state index in [1.165, 1.54) is 5.46 Å². The molecule has 0 atom stereocenters. The summed E-state index contributed by atoms with van der Waals surface area (Å²) in [5.74, 6) is 11.7. The first-order chi connectivity index (χ1) is 12.1. The summed E-state index contributed by atoms with van der Waals surface area (Å²) < 4.78 is 14.6. The van der Waals surface area contributed by atoms with Crippen molar-refractivity contribution in [3.8, 4) is 23.7 Å². The molecule has 25 heavy (non-hydrogen) atoms. The molecule has 118 valence electrons. The molecule has 0 aromatic heterocycles. The zero-order valence-corrected chi connectivity index (χ0v) is 14.2. The first-order valence-corrected chi connectivity index (χ1v) is 8.08. The van der Waals surface area contributed by atoms with E-state index in [1.54, 1.807) is 13.0 Å². The normalized spacial score (nSPS) is 9.52. The SMILES string of the molecule is Bc1ccc(C#Cc2ccc(C#Cc3ccccc3)c(C)c2F)cc1. The van der Waals surface area contributed by atoms with E-state index in [1.807, 2.05) is 68.5 Å². The van der Waals surface area contributed by atoms with Gasteiger partial charge in [0, 0.05) is 22.3 Å². The van der Waals surface area contributed by atoms with Gasteiger partial charge in [0.15, 0.2) is 0 Å². The van der Waals surface area contributed by atoms with Gasteiger partial charge in [0.05, 0.1) is 5.56 Å². The van der Waals surface area contributed by atoms with Crippen LogP contribution in [0, 0.1) is 36.4 Å². The molecule has 0 bridgehead atoms. The second-order valence-electron chi connectivity index (χ2n) is 5.83. The van der Waals surface area contributed by atoms with Gasteiger partial charge in [-0.05, 0) is 43.3 Å². The smallest absolute Gasteiger partial charge is 0.142 e. The molecule has 2 heteroatoms. The van der Waals surface area contributed by atoms with Crippen LogP contribution < -0.4 is 5.46 Å². The van der Waals surface area contributed by atoms with E-state index < -0.39 is 0 Å². The quantitative estimate of drug-likeness (QED) is 0.440. The Hall–Kier alpha value is -3.23. The Labute approximate surface area is 149 Å². The highest BCUT2D eigenvalue weighted by atomic mass is 19.1. The van der Waals surface area contributed by atoms with Crippen LogP contribution in [0.25, 0.3) is 0 Å². The van der Waals surface area contributed by atoms with Crippen LogP contribution in [-0.4, -0.2) is 7.85 Å². The minimum absolute atomic E-state index is 0.306. The average molecular weight is 322 g/mol. The molecule has 3 aromatic rings. The van der Waals surface area contributed by atoms with Crippen LogP contribution in [0.15, 0.2) is 66.7 Å². The molecule has 0 radical (unpaired) electrons. The molecule has 3 aromatic carbocycles. The largest absolute Gasteiger partial charge is 0.205 e. The Morgan fingerprint density at radius 3 is 1.92 bits per heavy atom. The fourth-order valence-corrected chi connectivity index (χ4v) is 2.35. The Morgan fingerprint density at radius 2 is 1.24 bits per heavy atom. The molecule has 0 aliphatic heterocycles. The van der Waals surface area contributed by atoms with E-state index >= 15 is 0 Å². The van der Waals surface area contributed by atoms with E-state index in [4.69, 9.17) is 0 Å². The van der Waals surface area contributed by atoms with Crippen molar-refractivity contribution in [2.24, 2.45) is 0 Å². The minimum atomic E-state index is -0.306. The van der Waals surface area contributed by atoms with Crippen molar-refractivity contribution < 1.29 is 4.39 Å². The van der Waals surface area contributed by atoms with E-state index in [9.17, 15) is 4.39 Å². The standard InChI is InChI=1S/C23H16BF/c1-17-20(11-7-18-5-3-2-4-6-18)13-14-21(23(17)25)12-8-19-9-15-22(24)16-10-19/h2-6,9-10,13-16H,24H2,1H3. The highest BCUT2D eigenvalue weighted by Gasteiger charge is 2.06. The summed E-state index contributed by atoms with van der Waals surface area (Å²) in [6.45, 7) is 1.74. The molecule has 0 unspecified atom stereocenters. The Bertz CT molecular complexity index is 1010. The van der Waals surface area contributed by atoms with Crippen LogP contribution in [0.5, 0.6) is 0 Å². The summed E-state index contributed by atoms with van der Waals surface area (Å²) >= 11 is 0. The number of benzene rings is 3. The molecule has 0 amide bonds. The predicted molar refractivity (Wildman–Crippen MR) is 104 cm³/mol. The maximum Gasteiger partial charge on any atom is 0.142 e. The lowest BCUT2D eigenvalue weighted by Gasteiger charge is -2.02. The second-order valence-corrected chi connectivity index (χ2v) is 5.83. The van der Waals surface area contributed by atoms with Crippen molar-refractivity contribution in [1.82, 2.24) is 0 Å².